The van der Waals surface area contributed by atoms with Crippen LogP contribution in [0.25, 0.3) is 5.52 Å². The molecule has 11 heteroatoms. The first-order valence-corrected chi connectivity index (χ1v) is 13.5. The highest BCUT2D eigenvalue weighted by molar-refractivity contribution is 7.89. The van der Waals surface area contributed by atoms with E-state index in [1.165, 1.54) is 6.20 Å². The van der Waals surface area contributed by atoms with Crippen molar-refractivity contribution in [1.29, 1.82) is 5.26 Å². The van der Waals surface area contributed by atoms with Crippen molar-refractivity contribution in [3.8, 4) is 17.6 Å². The molecule has 0 aliphatic carbocycles. The first-order valence-electron chi connectivity index (χ1n) is 11.9. The van der Waals surface area contributed by atoms with Crippen LogP contribution >= 0.6 is 0 Å². The van der Waals surface area contributed by atoms with Crippen LogP contribution in [-0.2, 0) is 10.0 Å². The number of anilines is 1. The fourth-order valence-electron chi connectivity index (χ4n) is 3.30. The maximum Gasteiger partial charge on any atom is 0.288 e. The Morgan fingerprint density at radius 1 is 1.26 bits per heavy atom. The van der Waals surface area contributed by atoms with Crippen molar-refractivity contribution < 1.29 is 17.9 Å². The predicted octanol–water partition coefficient (Wildman–Crippen LogP) is 5.87. The molecule has 0 unspecified atom stereocenters. The van der Waals surface area contributed by atoms with E-state index in [-0.39, 0.29) is 13.0 Å². The van der Waals surface area contributed by atoms with E-state index in [4.69, 9.17) is 9.47 Å². The van der Waals surface area contributed by atoms with Crippen LogP contribution < -0.4 is 14.8 Å². The zero-order valence-corrected chi connectivity index (χ0v) is 22.7. The van der Waals surface area contributed by atoms with E-state index in [1.807, 2.05) is 58.0 Å². The first kappa shape index (κ1) is 29.8. The average molecular weight is 538 g/mol. The van der Waals surface area contributed by atoms with Crippen molar-refractivity contribution >= 4 is 21.2 Å². The topological polar surface area (TPSA) is 135 Å². The summed E-state index contributed by atoms with van der Waals surface area (Å²) in [7, 11) is -3.97. The monoisotopic (exact) mass is 537 g/mol. The summed E-state index contributed by atoms with van der Waals surface area (Å²) in [5.41, 5.74) is 2.94. The second-order valence-corrected chi connectivity index (χ2v) is 9.40. The van der Waals surface area contributed by atoms with Gasteiger partial charge in [-0.15, -0.1) is 4.91 Å². The molecule has 0 fully saturated rings. The molecule has 0 aliphatic rings. The number of nitrogens with zero attached hydrogens (tertiary/aromatic N) is 4. The Balaban J connectivity index is 0.00000247. The largest absolute Gasteiger partial charge is 0.492 e. The minimum atomic E-state index is -3.97. The second kappa shape index (κ2) is 14.3. The van der Waals surface area contributed by atoms with Crippen LogP contribution in [0.15, 0.2) is 83.6 Å². The number of benzene rings is 1. The van der Waals surface area contributed by atoms with E-state index >= 15 is 0 Å². The molecule has 1 N–H and O–H groups in total. The van der Waals surface area contributed by atoms with Gasteiger partial charge in [-0.2, -0.15) is 10.4 Å². The van der Waals surface area contributed by atoms with Gasteiger partial charge in [0.1, 0.15) is 23.3 Å². The molecule has 0 bridgehead atoms. The van der Waals surface area contributed by atoms with Gasteiger partial charge in [-0.3, -0.25) is 0 Å². The minimum Gasteiger partial charge on any atom is -0.492 e. The van der Waals surface area contributed by atoms with Crippen molar-refractivity contribution in [3.05, 3.63) is 95.0 Å². The number of fused-ring (bicyclic) bond motifs is 1. The average Bonchev–Trinajstić information content (AvgIpc) is 3.26. The number of para-hydroxylation sites is 1. The zero-order chi connectivity index (χ0) is 28.1. The maximum atomic E-state index is 11.2. The predicted molar refractivity (Wildman–Crippen MR) is 148 cm³/mol. The Bertz CT molecular complexity index is 1470. The summed E-state index contributed by atoms with van der Waals surface area (Å²) < 4.78 is 37.7. The number of allylic oxidation sites excluding steroid dienone is 4. The molecule has 3 aromatic rings. The number of rotatable bonds is 12. The van der Waals surface area contributed by atoms with Crippen molar-refractivity contribution in [3.63, 3.8) is 0 Å². The Morgan fingerprint density at radius 2 is 1.97 bits per heavy atom. The lowest BCUT2D eigenvalue weighted by molar-refractivity contribution is 0.316. The van der Waals surface area contributed by atoms with E-state index in [0.29, 0.717) is 39.6 Å². The van der Waals surface area contributed by atoms with E-state index in [0.717, 1.165) is 5.70 Å². The number of hydrogen-bond acceptors (Lipinski definition) is 8. The lowest BCUT2D eigenvalue weighted by Gasteiger charge is -2.11. The van der Waals surface area contributed by atoms with Gasteiger partial charge in [-0.25, -0.2) is 12.9 Å². The number of aromatic nitrogens is 2. The molecular weight excluding hydrogens is 506 g/mol. The van der Waals surface area contributed by atoms with Crippen LogP contribution in [0.2, 0.25) is 0 Å². The highest BCUT2D eigenvalue weighted by Crippen LogP contribution is 2.32. The first-order chi connectivity index (χ1) is 18.3. The highest BCUT2D eigenvalue weighted by Gasteiger charge is 2.17. The number of nitrogens with one attached hydrogen (secondary N) is 1. The van der Waals surface area contributed by atoms with Gasteiger partial charge < -0.3 is 14.8 Å². The van der Waals surface area contributed by atoms with Crippen LogP contribution in [-0.4, -0.2) is 30.4 Å². The van der Waals surface area contributed by atoms with Crippen LogP contribution in [0.5, 0.6) is 11.5 Å². The summed E-state index contributed by atoms with van der Waals surface area (Å²) >= 11 is 0. The molecule has 0 aliphatic heterocycles. The van der Waals surface area contributed by atoms with Gasteiger partial charge >= 0.3 is 0 Å². The lowest BCUT2D eigenvalue weighted by Crippen LogP contribution is -2.07. The van der Waals surface area contributed by atoms with Crippen molar-refractivity contribution in [2.24, 2.45) is 4.58 Å². The van der Waals surface area contributed by atoms with Gasteiger partial charge in [0.15, 0.2) is 0 Å². The molecular formula is C27H31N5O5S. The van der Waals surface area contributed by atoms with Crippen LogP contribution in [0.4, 0.5) is 5.69 Å². The summed E-state index contributed by atoms with van der Waals surface area (Å²) in [6.07, 6.45) is 8.35. The Kier molecular flexibility index (Phi) is 11.2. The van der Waals surface area contributed by atoms with Gasteiger partial charge in [0, 0.05) is 11.3 Å². The molecule has 1 aromatic carbocycles. The number of aryl methyl sites for hydroxylation is 1. The van der Waals surface area contributed by atoms with Crippen molar-refractivity contribution in [2.75, 3.05) is 17.7 Å². The van der Waals surface area contributed by atoms with E-state index in [9.17, 15) is 18.6 Å². The standard InChI is InChI=1S/C25H25N5O5S.C2H6/c1-4-21(35-22-9-6-5-7-10-22)12-11-18(2)28-24-20(15-26)16-27-30-17-23(19(3)25(24)30)34-13-8-14-36(32,33)29-31;1-2/h4-7,9-12,16-17,28H,1,8,13-14H2,2-3H3;1-2H3/b18-11+,21-12+;. The Labute approximate surface area is 222 Å². The molecule has 2 heterocycles. The normalized spacial score (nSPS) is 11.7. The highest BCUT2D eigenvalue weighted by atomic mass is 32.2. The molecule has 0 radical (unpaired) electrons. The molecule has 0 spiro atoms. The number of sulfonamides is 1. The molecule has 10 nitrogen and oxygen atoms in total. The van der Waals surface area contributed by atoms with Gasteiger partial charge in [0.2, 0.25) is 0 Å². The molecule has 0 saturated heterocycles. The summed E-state index contributed by atoms with van der Waals surface area (Å²) in [6, 6.07) is 11.5. The van der Waals surface area contributed by atoms with Gasteiger partial charge in [0.25, 0.3) is 10.0 Å². The van der Waals surface area contributed by atoms with Crippen LogP contribution in [0.1, 0.15) is 38.3 Å². The fraction of sp³-hybridized carbons (Fsp3) is 0.259. The van der Waals surface area contributed by atoms with Gasteiger partial charge in [-0.05, 0) is 50.6 Å². The van der Waals surface area contributed by atoms with Crippen LogP contribution in [0.3, 0.4) is 0 Å². The van der Waals surface area contributed by atoms with Crippen molar-refractivity contribution in [2.45, 2.75) is 34.1 Å². The van der Waals surface area contributed by atoms with E-state index in [2.05, 4.69) is 27.6 Å². The Hall–Kier alpha value is -4.43. The molecule has 3 rings (SSSR count). The number of hydrogen-bond donors (Lipinski definition) is 1. The fourth-order valence-corrected chi connectivity index (χ4v) is 3.86. The van der Waals surface area contributed by atoms with E-state index < -0.39 is 15.8 Å². The third kappa shape index (κ3) is 8.04. The SMILES string of the molecule is C=C/C(=C\C=C(/C)Nc1c(C#N)cnn2cc(OCCCS(=O)(=O)N=O)c(C)c12)Oc1ccccc1.CC. The summed E-state index contributed by atoms with van der Waals surface area (Å²) in [5.74, 6) is 1.31. The molecule has 2 aromatic heterocycles. The quantitative estimate of drug-likeness (QED) is 0.131. The summed E-state index contributed by atoms with van der Waals surface area (Å²) in [4.78, 5) is 10.3. The Morgan fingerprint density at radius 3 is 2.61 bits per heavy atom. The maximum absolute atomic E-state index is 11.2. The number of ether oxygens (including phenoxy) is 2. The number of nitriles is 1. The molecule has 200 valence electrons. The molecule has 0 amide bonds. The summed E-state index contributed by atoms with van der Waals surface area (Å²) in [5, 5.41) is 17.2. The number of nitroso groups, excluding NO2 is 1. The minimum absolute atomic E-state index is 0.0653. The molecule has 38 heavy (non-hydrogen) atoms. The van der Waals surface area contributed by atoms with Crippen LogP contribution in [0, 0.1) is 23.2 Å². The molecule has 0 saturated carbocycles. The lowest BCUT2D eigenvalue weighted by atomic mass is 10.2. The van der Waals surface area contributed by atoms with Gasteiger partial charge in [-0.1, -0.05) is 38.6 Å². The third-order valence-corrected chi connectivity index (χ3v) is 6.08. The summed E-state index contributed by atoms with van der Waals surface area (Å²) in [6.45, 7) is 11.5. The third-order valence-electron chi connectivity index (χ3n) is 5.05. The van der Waals surface area contributed by atoms with E-state index in [1.54, 1.807) is 28.9 Å². The zero-order valence-electron chi connectivity index (χ0n) is 21.8. The van der Waals surface area contributed by atoms with Crippen molar-refractivity contribution in [1.82, 2.24) is 9.61 Å². The smallest absolute Gasteiger partial charge is 0.288 e. The molecule has 0 atom stereocenters. The second-order valence-electron chi connectivity index (χ2n) is 7.68. The van der Waals surface area contributed by atoms with Gasteiger partial charge in [0.05, 0.1) is 46.1 Å².